The Labute approximate surface area is 144 Å². The molecule has 3 aromatic rings. The summed E-state index contributed by atoms with van der Waals surface area (Å²) in [5.74, 6) is -1.38. The van der Waals surface area contributed by atoms with Gasteiger partial charge in [-0.2, -0.15) is 0 Å². The smallest absolute Gasteiger partial charge is 0.252 e. The summed E-state index contributed by atoms with van der Waals surface area (Å²) in [6.07, 6.45) is 0.201. The molecule has 0 aliphatic heterocycles. The van der Waals surface area contributed by atoms with Gasteiger partial charge in [-0.25, -0.2) is 4.39 Å². The summed E-state index contributed by atoms with van der Waals surface area (Å²) in [6.45, 7) is 0. The molecule has 1 atom stereocenters. The standard InChI is InChI=1S/C20H17FN2O2/c21-15-10-8-13(9-11-15)12-18(19(22)24)23-20(25)17-7-3-5-14-4-1-2-6-16(14)17/h1-11,18H,12H2,(H2,22,24)(H,23,25)/t18-/m0/s1. The summed E-state index contributed by atoms with van der Waals surface area (Å²) in [7, 11) is 0. The van der Waals surface area contributed by atoms with Crippen molar-refractivity contribution in [2.45, 2.75) is 12.5 Å². The van der Waals surface area contributed by atoms with Crippen LogP contribution in [0.2, 0.25) is 0 Å². The van der Waals surface area contributed by atoms with E-state index in [9.17, 15) is 14.0 Å². The fraction of sp³-hybridized carbons (Fsp3) is 0.100. The van der Waals surface area contributed by atoms with Crippen LogP contribution in [0.3, 0.4) is 0 Å². The molecule has 5 heteroatoms. The van der Waals surface area contributed by atoms with Gasteiger partial charge in [-0.3, -0.25) is 9.59 Å². The number of nitrogens with one attached hydrogen (secondary N) is 1. The average Bonchev–Trinajstić information content (AvgIpc) is 2.62. The molecular weight excluding hydrogens is 319 g/mol. The largest absolute Gasteiger partial charge is 0.368 e. The molecule has 3 aromatic carbocycles. The van der Waals surface area contributed by atoms with E-state index in [-0.39, 0.29) is 18.1 Å². The molecule has 2 amide bonds. The Balaban J connectivity index is 1.83. The highest BCUT2D eigenvalue weighted by atomic mass is 19.1. The van der Waals surface area contributed by atoms with Crippen LogP contribution in [0.4, 0.5) is 4.39 Å². The van der Waals surface area contributed by atoms with Crippen molar-refractivity contribution < 1.29 is 14.0 Å². The summed E-state index contributed by atoms with van der Waals surface area (Å²) in [6, 6.07) is 17.8. The quantitative estimate of drug-likeness (QED) is 0.752. The van der Waals surface area contributed by atoms with Gasteiger partial charge < -0.3 is 11.1 Å². The Kier molecular flexibility index (Phi) is 4.75. The van der Waals surface area contributed by atoms with Crippen molar-refractivity contribution in [2.24, 2.45) is 5.73 Å². The SMILES string of the molecule is NC(=O)[C@H](Cc1ccc(F)cc1)NC(=O)c1cccc2ccccc12. The zero-order valence-electron chi connectivity index (χ0n) is 13.4. The van der Waals surface area contributed by atoms with Gasteiger partial charge in [0.05, 0.1) is 0 Å². The van der Waals surface area contributed by atoms with E-state index in [0.29, 0.717) is 11.1 Å². The predicted molar refractivity (Wildman–Crippen MR) is 94.5 cm³/mol. The van der Waals surface area contributed by atoms with Crippen LogP contribution >= 0.6 is 0 Å². The van der Waals surface area contributed by atoms with Gasteiger partial charge in [0.1, 0.15) is 11.9 Å². The van der Waals surface area contributed by atoms with Crippen molar-refractivity contribution in [3.63, 3.8) is 0 Å². The number of hydrogen-bond acceptors (Lipinski definition) is 2. The number of benzene rings is 3. The monoisotopic (exact) mass is 336 g/mol. The Morgan fingerprint density at radius 3 is 2.36 bits per heavy atom. The van der Waals surface area contributed by atoms with Gasteiger partial charge in [0.15, 0.2) is 0 Å². The molecule has 25 heavy (non-hydrogen) atoms. The van der Waals surface area contributed by atoms with Crippen molar-refractivity contribution in [1.82, 2.24) is 5.32 Å². The third kappa shape index (κ3) is 3.83. The number of primary amides is 1. The van der Waals surface area contributed by atoms with E-state index >= 15 is 0 Å². The van der Waals surface area contributed by atoms with Crippen molar-refractivity contribution in [3.05, 3.63) is 83.7 Å². The minimum atomic E-state index is -0.878. The molecule has 0 unspecified atom stereocenters. The summed E-state index contributed by atoms with van der Waals surface area (Å²) < 4.78 is 13.0. The maximum absolute atomic E-state index is 13.0. The fourth-order valence-electron chi connectivity index (χ4n) is 2.74. The molecule has 4 nitrogen and oxygen atoms in total. The van der Waals surface area contributed by atoms with Gasteiger partial charge >= 0.3 is 0 Å². The first kappa shape index (κ1) is 16.6. The highest BCUT2D eigenvalue weighted by molar-refractivity contribution is 6.08. The lowest BCUT2D eigenvalue weighted by Crippen LogP contribution is -2.45. The van der Waals surface area contributed by atoms with Crippen LogP contribution in [-0.4, -0.2) is 17.9 Å². The molecule has 0 aliphatic rings. The molecule has 0 bridgehead atoms. The fourth-order valence-corrected chi connectivity index (χ4v) is 2.74. The van der Waals surface area contributed by atoms with Crippen LogP contribution in [0.5, 0.6) is 0 Å². The number of carbonyl (C=O) groups excluding carboxylic acids is 2. The second-order valence-corrected chi connectivity index (χ2v) is 5.79. The number of fused-ring (bicyclic) bond motifs is 1. The van der Waals surface area contributed by atoms with Crippen LogP contribution in [0.25, 0.3) is 10.8 Å². The minimum Gasteiger partial charge on any atom is -0.368 e. The molecule has 0 spiro atoms. The first-order chi connectivity index (χ1) is 12.0. The lowest BCUT2D eigenvalue weighted by molar-refractivity contribution is -0.119. The van der Waals surface area contributed by atoms with Gasteiger partial charge in [-0.05, 0) is 34.5 Å². The molecule has 0 heterocycles. The zero-order valence-corrected chi connectivity index (χ0v) is 13.4. The third-order valence-corrected chi connectivity index (χ3v) is 4.04. The van der Waals surface area contributed by atoms with E-state index in [1.807, 2.05) is 30.3 Å². The summed E-state index contributed by atoms with van der Waals surface area (Å²) in [4.78, 5) is 24.4. The van der Waals surface area contributed by atoms with Gasteiger partial charge in [0.2, 0.25) is 5.91 Å². The number of nitrogens with two attached hydrogens (primary N) is 1. The topological polar surface area (TPSA) is 72.2 Å². The molecule has 3 N–H and O–H groups in total. The maximum Gasteiger partial charge on any atom is 0.252 e. The van der Waals surface area contributed by atoms with Crippen LogP contribution in [0.15, 0.2) is 66.7 Å². The first-order valence-electron chi connectivity index (χ1n) is 7.87. The van der Waals surface area contributed by atoms with Crippen molar-refractivity contribution in [3.8, 4) is 0 Å². The van der Waals surface area contributed by atoms with E-state index in [1.165, 1.54) is 12.1 Å². The molecule has 0 radical (unpaired) electrons. The molecule has 0 saturated carbocycles. The molecule has 0 aromatic heterocycles. The van der Waals surface area contributed by atoms with Crippen LogP contribution in [0, 0.1) is 5.82 Å². The van der Waals surface area contributed by atoms with E-state index in [4.69, 9.17) is 5.73 Å². The van der Waals surface area contributed by atoms with Crippen molar-refractivity contribution in [1.29, 1.82) is 0 Å². The van der Waals surface area contributed by atoms with Crippen molar-refractivity contribution >= 4 is 22.6 Å². The van der Waals surface area contributed by atoms with Crippen LogP contribution in [0.1, 0.15) is 15.9 Å². The molecule has 0 fully saturated rings. The Hall–Kier alpha value is -3.21. The van der Waals surface area contributed by atoms with Crippen molar-refractivity contribution in [2.75, 3.05) is 0 Å². The molecule has 126 valence electrons. The number of hydrogen-bond donors (Lipinski definition) is 2. The molecule has 0 saturated heterocycles. The predicted octanol–water partition coefficient (Wildman–Crippen LogP) is 2.81. The maximum atomic E-state index is 13.0. The van der Waals surface area contributed by atoms with E-state index in [2.05, 4.69) is 5.32 Å². The highest BCUT2D eigenvalue weighted by Gasteiger charge is 2.20. The number of rotatable bonds is 5. The number of amides is 2. The molecule has 0 aliphatic carbocycles. The molecule has 3 rings (SSSR count). The van der Waals surface area contributed by atoms with Gasteiger partial charge in [-0.1, -0.05) is 48.5 Å². The van der Waals surface area contributed by atoms with Gasteiger partial charge in [-0.15, -0.1) is 0 Å². The number of carbonyl (C=O) groups is 2. The Morgan fingerprint density at radius 2 is 1.64 bits per heavy atom. The average molecular weight is 336 g/mol. The first-order valence-corrected chi connectivity index (χ1v) is 7.87. The second-order valence-electron chi connectivity index (χ2n) is 5.79. The second kappa shape index (κ2) is 7.13. The summed E-state index contributed by atoms with van der Waals surface area (Å²) in [5.41, 5.74) is 6.61. The van der Waals surface area contributed by atoms with Gasteiger partial charge in [0, 0.05) is 12.0 Å². The zero-order chi connectivity index (χ0) is 17.8. The summed E-state index contributed by atoms with van der Waals surface area (Å²) in [5, 5.41) is 4.41. The highest BCUT2D eigenvalue weighted by Crippen LogP contribution is 2.18. The van der Waals surface area contributed by atoms with E-state index in [1.54, 1.807) is 24.3 Å². The summed E-state index contributed by atoms with van der Waals surface area (Å²) >= 11 is 0. The Bertz CT molecular complexity index is 917. The lowest BCUT2D eigenvalue weighted by Gasteiger charge is -2.16. The lowest BCUT2D eigenvalue weighted by atomic mass is 10.0. The third-order valence-electron chi connectivity index (χ3n) is 4.04. The Morgan fingerprint density at radius 1 is 0.960 bits per heavy atom. The number of halogens is 1. The van der Waals surface area contributed by atoms with Gasteiger partial charge in [0.25, 0.3) is 5.91 Å². The molecular formula is C20H17FN2O2. The van der Waals surface area contributed by atoms with E-state index < -0.39 is 11.9 Å². The van der Waals surface area contributed by atoms with Crippen LogP contribution in [-0.2, 0) is 11.2 Å². The van der Waals surface area contributed by atoms with E-state index in [0.717, 1.165) is 10.8 Å². The normalized spacial score (nSPS) is 11.9. The minimum absolute atomic E-state index is 0.201. The van der Waals surface area contributed by atoms with Crippen LogP contribution < -0.4 is 11.1 Å².